The summed E-state index contributed by atoms with van der Waals surface area (Å²) in [5.41, 5.74) is 0.149. The molecule has 1 aliphatic rings. The van der Waals surface area contributed by atoms with Gasteiger partial charge in [0.05, 0.1) is 24.3 Å². The number of ether oxygens (including phenoxy) is 1. The Labute approximate surface area is 166 Å². The summed E-state index contributed by atoms with van der Waals surface area (Å²) in [4.78, 5) is 37.5. The molecule has 2 aromatic rings. The van der Waals surface area contributed by atoms with Gasteiger partial charge in [0.25, 0.3) is 17.6 Å². The molecule has 0 unspecified atom stereocenters. The molecule has 2 N–H and O–H groups in total. The van der Waals surface area contributed by atoms with E-state index in [-0.39, 0.29) is 22.5 Å². The van der Waals surface area contributed by atoms with Gasteiger partial charge in [0, 0.05) is 24.0 Å². The summed E-state index contributed by atoms with van der Waals surface area (Å²) in [6.07, 6.45) is 0. The van der Waals surface area contributed by atoms with Gasteiger partial charge in [0.1, 0.15) is 17.6 Å². The van der Waals surface area contributed by atoms with Gasteiger partial charge in [-0.2, -0.15) is 5.26 Å². The highest BCUT2D eigenvalue weighted by Crippen LogP contribution is 2.20. The number of hydrogen-bond donors (Lipinski definition) is 2. The Morgan fingerprint density at radius 3 is 2.55 bits per heavy atom. The molecule has 9 heteroatoms. The molecule has 1 aromatic carbocycles. The Balaban J connectivity index is 1.81. The maximum Gasteiger partial charge on any atom is 0.293 e. The van der Waals surface area contributed by atoms with E-state index in [0.29, 0.717) is 18.9 Å². The molecular formula is C20H19FN4O4. The van der Waals surface area contributed by atoms with Crippen molar-refractivity contribution in [1.29, 1.82) is 5.26 Å². The zero-order valence-electron chi connectivity index (χ0n) is 16.1. The lowest BCUT2D eigenvalue weighted by Gasteiger charge is -2.38. The highest BCUT2D eigenvalue weighted by molar-refractivity contribution is 6.43. The maximum absolute atomic E-state index is 13.4. The first kappa shape index (κ1) is 20.2. The van der Waals surface area contributed by atoms with Crippen LogP contribution in [0.3, 0.4) is 0 Å². The molecule has 3 rings (SSSR count). The molecule has 1 fully saturated rings. The van der Waals surface area contributed by atoms with Crippen molar-refractivity contribution in [2.24, 2.45) is 7.05 Å². The van der Waals surface area contributed by atoms with Gasteiger partial charge in [-0.3, -0.25) is 14.4 Å². The van der Waals surface area contributed by atoms with E-state index >= 15 is 0 Å². The van der Waals surface area contributed by atoms with Crippen molar-refractivity contribution < 1.29 is 23.5 Å². The van der Waals surface area contributed by atoms with Crippen LogP contribution in [0.2, 0.25) is 0 Å². The maximum atomic E-state index is 13.4. The monoisotopic (exact) mass is 398 g/mol. The molecule has 2 amide bonds. The van der Waals surface area contributed by atoms with Gasteiger partial charge in [-0.15, -0.1) is 0 Å². The van der Waals surface area contributed by atoms with Gasteiger partial charge < -0.3 is 19.9 Å². The van der Waals surface area contributed by atoms with Crippen molar-refractivity contribution in [3.63, 3.8) is 0 Å². The van der Waals surface area contributed by atoms with Crippen LogP contribution < -0.4 is 10.6 Å². The highest BCUT2D eigenvalue weighted by atomic mass is 19.1. The van der Waals surface area contributed by atoms with Crippen LogP contribution in [0.1, 0.15) is 39.0 Å². The molecule has 0 radical (unpaired) electrons. The van der Waals surface area contributed by atoms with Gasteiger partial charge >= 0.3 is 0 Å². The second-order valence-electron chi connectivity index (χ2n) is 7.18. The third-order valence-corrected chi connectivity index (χ3v) is 4.82. The topological polar surface area (TPSA) is 113 Å². The molecule has 2 heterocycles. The zero-order valence-corrected chi connectivity index (χ0v) is 16.1. The van der Waals surface area contributed by atoms with Crippen molar-refractivity contribution in [3.05, 3.63) is 52.6 Å². The number of hydrogen-bond acceptors (Lipinski definition) is 5. The Bertz CT molecular complexity index is 1060. The third-order valence-electron chi connectivity index (χ3n) is 4.82. The number of rotatable bonds is 5. The van der Waals surface area contributed by atoms with E-state index in [0.717, 1.165) is 6.07 Å². The average Bonchev–Trinajstić information content (AvgIpc) is 2.96. The van der Waals surface area contributed by atoms with Crippen LogP contribution in [0.25, 0.3) is 0 Å². The molecule has 0 bridgehead atoms. The van der Waals surface area contributed by atoms with E-state index in [1.807, 2.05) is 0 Å². The second kappa shape index (κ2) is 7.48. The number of halogens is 1. The van der Waals surface area contributed by atoms with Crippen LogP contribution in [0.15, 0.2) is 24.3 Å². The van der Waals surface area contributed by atoms with E-state index in [1.165, 1.54) is 22.8 Å². The predicted octanol–water partition coefficient (Wildman–Crippen LogP) is 1.68. The van der Waals surface area contributed by atoms with E-state index in [1.54, 1.807) is 27.0 Å². The average molecular weight is 398 g/mol. The minimum atomic E-state index is -0.770. The molecule has 8 nitrogen and oxygen atoms in total. The smallest absolute Gasteiger partial charge is 0.293 e. The second-order valence-corrected chi connectivity index (χ2v) is 7.18. The van der Waals surface area contributed by atoms with Gasteiger partial charge in [-0.25, -0.2) is 4.39 Å². The summed E-state index contributed by atoms with van der Waals surface area (Å²) >= 11 is 0. The molecule has 150 valence electrons. The number of benzene rings is 1. The Hall–Kier alpha value is -3.51. The van der Waals surface area contributed by atoms with E-state index in [9.17, 15) is 18.8 Å². The number of carbonyl (C=O) groups excluding carboxylic acids is 3. The van der Waals surface area contributed by atoms with Crippen LogP contribution >= 0.6 is 0 Å². The Kier molecular flexibility index (Phi) is 5.22. The van der Waals surface area contributed by atoms with Crippen LogP contribution in [-0.4, -0.2) is 40.9 Å². The number of carbonyl (C=O) groups is 3. The molecule has 0 spiro atoms. The number of nitrogens with one attached hydrogen (secondary N) is 2. The summed E-state index contributed by atoms with van der Waals surface area (Å²) in [6.45, 7) is 4.05. The van der Waals surface area contributed by atoms with Crippen LogP contribution in [-0.2, 0) is 16.6 Å². The minimum Gasteiger partial charge on any atom is -0.376 e. The molecule has 1 aromatic heterocycles. The van der Waals surface area contributed by atoms with Gasteiger partial charge in [-0.1, -0.05) is 0 Å². The van der Waals surface area contributed by atoms with Crippen molar-refractivity contribution in [2.45, 2.75) is 19.4 Å². The number of amides is 2. The number of anilines is 1. The van der Waals surface area contributed by atoms with Crippen molar-refractivity contribution in [3.8, 4) is 6.07 Å². The molecule has 29 heavy (non-hydrogen) atoms. The van der Waals surface area contributed by atoms with Crippen molar-refractivity contribution in [2.75, 3.05) is 18.5 Å². The van der Waals surface area contributed by atoms with Crippen LogP contribution in [0.5, 0.6) is 0 Å². The standard InChI is InChI=1S/C20H19FN4O4/c1-11-14(17(26)19(28)24-20(2)9-29-10-20)7-16(25(11)3)18(27)23-13-4-5-15(21)12(6-13)8-22/h4-7H,9-10H2,1-3H3,(H,23,27)(H,24,28). The largest absolute Gasteiger partial charge is 0.376 e. The minimum absolute atomic E-state index is 0.107. The van der Waals surface area contributed by atoms with E-state index in [4.69, 9.17) is 10.00 Å². The first-order valence-corrected chi connectivity index (χ1v) is 8.77. The van der Waals surface area contributed by atoms with Crippen LogP contribution in [0.4, 0.5) is 10.1 Å². The van der Waals surface area contributed by atoms with Gasteiger partial charge in [-0.05, 0) is 38.1 Å². The highest BCUT2D eigenvalue weighted by Gasteiger charge is 2.37. The Morgan fingerprint density at radius 2 is 1.97 bits per heavy atom. The predicted molar refractivity (Wildman–Crippen MR) is 101 cm³/mol. The molecule has 1 saturated heterocycles. The Morgan fingerprint density at radius 1 is 1.28 bits per heavy atom. The fourth-order valence-electron chi connectivity index (χ4n) is 2.96. The number of ketones is 1. The molecule has 1 aliphatic heterocycles. The molecule has 0 saturated carbocycles. The van der Waals surface area contributed by atoms with E-state index < -0.39 is 29.0 Å². The summed E-state index contributed by atoms with van der Waals surface area (Å²) in [7, 11) is 1.59. The zero-order chi connectivity index (χ0) is 21.3. The summed E-state index contributed by atoms with van der Waals surface area (Å²) in [5, 5.41) is 14.1. The number of nitriles is 1. The lowest BCUT2D eigenvalue weighted by molar-refractivity contribution is -0.126. The van der Waals surface area contributed by atoms with Crippen molar-refractivity contribution >= 4 is 23.3 Å². The first-order chi connectivity index (χ1) is 13.6. The van der Waals surface area contributed by atoms with Crippen LogP contribution in [0, 0.1) is 24.1 Å². The normalized spacial score (nSPS) is 14.4. The molecule has 0 atom stereocenters. The number of aromatic nitrogens is 1. The fourth-order valence-corrected chi connectivity index (χ4v) is 2.96. The molecule has 0 aliphatic carbocycles. The quantitative estimate of drug-likeness (QED) is 0.588. The SMILES string of the molecule is Cc1c(C(=O)C(=O)NC2(C)COC2)cc(C(=O)Nc2ccc(F)c(C#N)c2)n1C. The summed E-state index contributed by atoms with van der Waals surface area (Å²) in [5.74, 6) is -2.78. The van der Waals surface area contributed by atoms with Crippen molar-refractivity contribution in [1.82, 2.24) is 9.88 Å². The third kappa shape index (κ3) is 3.88. The van der Waals surface area contributed by atoms with Gasteiger partial charge in [0.2, 0.25) is 0 Å². The molecular weight excluding hydrogens is 379 g/mol. The number of Topliss-reactive ketones (excluding diaryl/α,β-unsaturated/α-hetero) is 1. The van der Waals surface area contributed by atoms with E-state index in [2.05, 4.69) is 10.6 Å². The fraction of sp³-hybridized carbons (Fsp3) is 0.300. The lowest BCUT2D eigenvalue weighted by atomic mass is 10.00. The summed E-state index contributed by atoms with van der Waals surface area (Å²) in [6, 6.07) is 6.65. The first-order valence-electron chi connectivity index (χ1n) is 8.77. The number of nitrogens with zero attached hydrogens (tertiary/aromatic N) is 2. The van der Waals surface area contributed by atoms with Gasteiger partial charge in [0.15, 0.2) is 0 Å². The lowest BCUT2D eigenvalue weighted by Crippen LogP contribution is -2.61. The summed E-state index contributed by atoms with van der Waals surface area (Å²) < 4.78 is 20.0.